The Morgan fingerprint density at radius 1 is 1.33 bits per heavy atom. The number of carbonyl (C=O) groups is 1. The number of piperidine rings is 1. The number of aliphatic hydroxyl groups is 1. The third-order valence-corrected chi connectivity index (χ3v) is 5.44. The molecule has 1 amide bonds. The summed E-state index contributed by atoms with van der Waals surface area (Å²) in [5, 5.41) is 14.6. The van der Waals surface area contributed by atoms with Crippen LogP contribution in [0.3, 0.4) is 0 Å². The van der Waals surface area contributed by atoms with E-state index in [9.17, 15) is 9.90 Å². The monoisotopic (exact) mass is 290 g/mol. The van der Waals surface area contributed by atoms with Gasteiger partial charge in [-0.15, -0.1) is 0 Å². The molecule has 5 heteroatoms. The van der Waals surface area contributed by atoms with Crippen LogP contribution in [0.2, 0.25) is 0 Å². The molecule has 1 aliphatic heterocycles. The first kappa shape index (κ1) is 13.3. The van der Waals surface area contributed by atoms with Crippen LogP contribution in [0.4, 0.5) is 0 Å². The topological polar surface area (TPSA) is 66.6 Å². The van der Waals surface area contributed by atoms with Crippen molar-refractivity contribution in [1.82, 2.24) is 10.1 Å². The van der Waals surface area contributed by atoms with E-state index in [4.69, 9.17) is 4.52 Å². The average molecular weight is 290 g/mol. The van der Waals surface area contributed by atoms with Gasteiger partial charge >= 0.3 is 0 Å². The summed E-state index contributed by atoms with van der Waals surface area (Å²) in [5.41, 5.74) is -0.115. The van der Waals surface area contributed by atoms with Crippen molar-refractivity contribution in [1.29, 1.82) is 0 Å². The van der Waals surface area contributed by atoms with E-state index >= 15 is 0 Å². The molecule has 2 aliphatic carbocycles. The Morgan fingerprint density at radius 2 is 2.19 bits per heavy atom. The summed E-state index contributed by atoms with van der Waals surface area (Å²) < 4.78 is 5.28. The fraction of sp³-hybridized carbons (Fsp3) is 0.750. The average Bonchev–Trinajstić information content (AvgIpc) is 3.23. The van der Waals surface area contributed by atoms with Crippen molar-refractivity contribution in [2.24, 2.45) is 5.92 Å². The maximum Gasteiger partial charge on any atom is 0.276 e. The molecule has 114 valence electrons. The smallest absolute Gasteiger partial charge is 0.276 e. The highest BCUT2D eigenvalue weighted by Gasteiger charge is 2.44. The molecule has 1 aromatic rings. The summed E-state index contributed by atoms with van der Waals surface area (Å²) in [5.74, 6) is 1.50. The number of fused-ring (bicyclic) bond motifs is 1. The Labute approximate surface area is 124 Å². The van der Waals surface area contributed by atoms with Crippen LogP contribution < -0.4 is 0 Å². The minimum Gasteiger partial charge on any atom is -0.389 e. The van der Waals surface area contributed by atoms with Gasteiger partial charge in [0, 0.05) is 31.0 Å². The minimum atomic E-state index is -0.544. The van der Waals surface area contributed by atoms with Crippen LogP contribution in [0.25, 0.3) is 0 Å². The fourth-order valence-electron chi connectivity index (χ4n) is 3.87. The van der Waals surface area contributed by atoms with Gasteiger partial charge in [-0.3, -0.25) is 4.79 Å². The molecule has 3 fully saturated rings. The first-order valence-electron chi connectivity index (χ1n) is 8.14. The van der Waals surface area contributed by atoms with E-state index in [0.29, 0.717) is 31.1 Å². The van der Waals surface area contributed by atoms with Crippen molar-refractivity contribution < 1.29 is 14.4 Å². The summed E-state index contributed by atoms with van der Waals surface area (Å²) in [6.45, 7) is 1.28. The highest BCUT2D eigenvalue weighted by atomic mass is 16.5. The molecular formula is C16H22N2O3. The molecule has 0 unspecified atom stereocenters. The summed E-state index contributed by atoms with van der Waals surface area (Å²) in [6.07, 6.45) is 7.14. The van der Waals surface area contributed by atoms with Gasteiger partial charge in [0.1, 0.15) is 5.76 Å². The van der Waals surface area contributed by atoms with Crippen molar-refractivity contribution in [2.45, 2.75) is 56.5 Å². The Kier molecular flexibility index (Phi) is 3.06. The van der Waals surface area contributed by atoms with E-state index in [-0.39, 0.29) is 11.8 Å². The van der Waals surface area contributed by atoms with E-state index in [0.717, 1.165) is 44.3 Å². The Balaban J connectivity index is 1.47. The summed E-state index contributed by atoms with van der Waals surface area (Å²) in [7, 11) is 0. The van der Waals surface area contributed by atoms with Crippen LogP contribution in [0.5, 0.6) is 0 Å². The van der Waals surface area contributed by atoms with E-state index in [2.05, 4.69) is 5.16 Å². The predicted octanol–water partition coefficient (Wildman–Crippen LogP) is 2.32. The number of nitrogens with zero attached hydrogens (tertiary/aromatic N) is 2. The highest BCUT2D eigenvalue weighted by Crippen LogP contribution is 2.41. The molecule has 2 heterocycles. The van der Waals surface area contributed by atoms with Crippen LogP contribution in [-0.4, -0.2) is 39.8 Å². The van der Waals surface area contributed by atoms with Gasteiger partial charge in [0.25, 0.3) is 5.91 Å². The second kappa shape index (κ2) is 4.83. The largest absolute Gasteiger partial charge is 0.389 e. The zero-order valence-corrected chi connectivity index (χ0v) is 12.3. The van der Waals surface area contributed by atoms with Crippen LogP contribution in [0.1, 0.15) is 67.1 Å². The molecule has 3 aliphatic rings. The first-order chi connectivity index (χ1) is 10.2. The first-order valence-corrected chi connectivity index (χ1v) is 8.14. The number of likely N-dealkylation sites (tertiary alicyclic amines) is 1. The summed E-state index contributed by atoms with van der Waals surface area (Å²) in [6, 6.07) is 1.81. The SMILES string of the molecule is O=C(c1cc(C2CC2)on1)N1CC[C@@]2(O)CCCC[C@H]2C1. The molecule has 2 atom stereocenters. The van der Waals surface area contributed by atoms with Crippen molar-refractivity contribution in [3.63, 3.8) is 0 Å². The highest BCUT2D eigenvalue weighted by molar-refractivity contribution is 5.92. The number of hydrogen-bond acceptors (Lipinski definition) is 4. The lowest BCUT2D eigenvalue weighted by Gasteiger charge is -2.47. The van der Waals surface area contributed by atoms with Crippen LogP contribution in [0, 0.1) is 5.92 Å². The van der Waals surface area contributed by atoms with Gasteiger partial charge in [-0.25, -0.2) is 0 Å². The molecule has 0 aromatic carbocycles. The Morgan fingerprint density at radius 3 is 3.00 bits per heavy atom. The van der Waals surface area contributed by atoms with Crippen molar-refractivity contribution in [2.75, 3.05) is 13.1 Å². The van der Waals surface area contributed by atoms with Crippen molar-refractivity contribution in [3.8, 4) is 0 Å². The van der Waals surface area contributed by atoms with Gasteiger partial charge in [-0.2, -0.15) is 0 Å². The van der Waals surface area contributed by atoms with E-state index in [1.54, 1.807) is 0 Å². The van der Waals surface area contributed by atoms with E-state index in [1.165, 1.54) is 0 Å². The number of hydrogen-bond donors (Lipinski definition) is 1. The zero-order chi connectivity index (χ0) is 14.4. The summed E-state index contributed by atoms with van der Waals surface area (Å²) in [4.78, 5) is 14.4. The van der Waals surface area contributed by atoms with Gasteiger partial charge in [0.05, 0.1) is 5.60 Å². The molecule has 1 aromatic heterocycles. The third-order valence-electron chi connectivity index (χ3n) is 5.44. The molecule has 0 bridgehead atoms. The van der Waals surface area contributed by atoms with Crippen LogP contribution in [0.15, 0.2) is 10.6 Å². The molecule has 5 nitrogen and oxygen atoms in total. The van der Waals surface area contributed by atoms with Crippen LogP contribution in [-0.2, 0) is 0 Å². The van der Waals surface area contributed by atoms with Gasteiger partial charge in [0.15, 0.2) is 5.69 Å². The molecule has 0 radical (unpaired) electrons. The zero-order valence-electron chi connectivity index (χ0n) is 12.3. The van der Waals surface area contributed by atoms with Gasteiger partial charge in [0.2, 0.25) is 0 Å². The predicted molar refractivity (Wildman–Crippen MR) is 75.9 cm³/mol. The molecule has 2 saturated carbocycles. The lowest BCUT2D eigenvalue weighted by molar-refractivity contribution is -0.0887. The van der Waals surface area contributed by atoms with Crippen LogP contribution >= 0.6 is 0 Å². The van der Waals surface area contributed by atoms with Gasteiger partial charge < -0.3 is 14.5 Å². The van der Waals surface area contributed by atoms with E-state index in [1.807, 2.05) is 11.0 Å². The maximum absolute atomic E-state index is 12.6. The molecular weight excluding hydrogens is 268 g/mol. The standard InChI is InChI=1S/C16H22N2O3/c19-15(13-9-14(21-17-13)11-4-5-11)18-8-7-16(20)6-2-1-3-12(16)10-18/h9,11-12,20H,1-8,10H2/t12-,16-/m0/s1. The second-order valence-electron chi connectivity index (χ2n) is 6.94. The number of rotatable bonds is 2. The van der Waals surface area contributed by atoms with Crippen molar-refractivity contribution in [3.05, 3.63) is 17.5 Å². The minimum absolute atomic E-state index is 0.0433. The second-order valence-corrected chi connectivity index (χ2v) is 6.94. The Hall–Kier alpha value is -1.36. The lowest BCUT2D eigenvalue weighted by atomic mass is 9.71. The summed E-state index contributed by atoms with van der Waals surface area (Å²) >= 11 is 0. The van der Waals surface area contributed by atoms with Gasteiger partial charge in [-0.05, 0) is 32.1 Å². The molecule has 1 saturated heterocycles. The molecule has 1 N–H and O–H groups in total. The number of aromatic nitrogens is 1. The molecule has 21 heavy (non-hydrogen) atoms. The molecule has 4 rings (SSSR count). The quantitative estimate of drug-likeness (QED) is 0.907. The third kappa shape index (κ3) is 2.37. The fourth-order valence-corrected chi connectivity index (χ4v) is 3.87. The number of carbonyl (C=O) groups excluding carboxylic acids is 1. The van der Waals surface area contributed by atoms with Crippen molar-refractivity contribution >= 4 is 5.91 Å². The lowest BCUT2D eigenvalue weighted by Crippen LogP contribution is -2.54. The Bertz CT molecular complexity index is 551. The normalized spacial score (nSPS) is 32.8. The molecule has 0 spiro atoms. The van der Waals surface area contributed by atoms with E-state index < -0.39 is 5.60 Å². The number of amides is 1. The maximum atomic E-state index is 12.6. The van der Waals surface area contributed by atoms with Gasteiger partial charge in [-0.1, -0.05) is 18.0 Å².